The number of halogens is 1. The van der Waals surface area contributed by atoms with E-state index in [4.69, 9.17) is 10.5 Å². The number of hydrogen-bond donors (Lipinski definition) is 2. The number of aromatic nitrogens is 3. The van der Waals surface area contributed by atoms with Crippen LogP contribution in [0.4, 0.5) is 22.0 Å². The van der Waals surface area contributed by atoms with Crippen molar-refractivity contribution in [2.24, 2.45) is 0 Å². The molecule has 0 bridgehead atoms. The van der Waals surface area contributed by atoms with Crippen LogP contribution >= 0.6 is 0 Å². The number of nitrogens with two attached hydrogens (primary N) is 1. The molecule has 6 nitrogen and oxygen atoms in total. The molecule has 0 spiro atoms. The number of nitrogens with one attached hydrogen (secondary N) is 1. The minimum Gasteiger partial charge on any atom is -0.494 e. The molecule has 0 radical (unpaired) electrons. The molecule has 0 saturated heterocycles. The third-order valence-corrected chi connectivity index (χ3v) is 3.61. The van der Waals surface area contributed by atoms with Crippen LogP contribution in [0.5, 0.6) is 5.75 Å². The van der Waals surface area contributed by atoms with Crippen molar-refractivity contribution >= 4 is 17.6 Å². The number of aryl methyl sites for hydroxylation is 1. The van der Waals surface area contributed by atoms with Crippen LogP contribution in [0.25, 0.3) is 0 Å². The lowest BCUT2D eigenvalue weighted by atomic mass is 10.1. The summed E-state index contributed by atoms with van der Waals surface area (Å²) in [4.78, 5) is 12.6. The number of unbranched alkanes of at least 4 members (excludes halogenated alkanes) is 4. The zero-order valence-electron chi connectivity index (χ0n) is 14.2. The third kappa shape index (κ3) is 5.33. The highest BCUT2D eigenvalue weighted by molar-refractivity contribution is 5.55. The van der Waals surface area contributed by atoms with Crippen molar-refractivity contribution in [1.82, 2.24) is 15.0 Å². The van der Waals surface area contributed by atoms with E-state index >= 15 is 0 Å². The molecule has 0 aliphatic rings. The highest BCUT2D eigenvalue weighted by Gasteiger charge is 2.08. The van der Waals surface area contributed by atoms with Crippen molar-refractivity contribution in [1.29, 1.82) is 0 Å². The van der Waals surface area contributed by atoms with Gasteiger partial charge in [0, 0.05) is 18.2 Å². The smallest absolute Gasteiger partial charge is 0.232 e. The summed E-state index contributed by atoms with van der Waals surface area (Å²) in [5.41, 5.74) is 6.27. The first kappa shape index (κ1) is 17.9. The van der Waals surface area contributed by atoms with E-state index in [1.54, 1.807) is 6.07 Å². The van der Waals surface area contributed by atoms with Crippen molar-refractivity contribution in [2.75, 3.05) is 18.2 Å². The minimum absolute atomic E-state index is 0.157. The van der Waals surface area contributed by atoms with Crippen molar-refractivity contribution in [3.05, 3.63) is 29.8 Å². The molecule has 2 rings (SSSR count). The molecule has 2 aromatic rings. The van der Waals surface area contributed by atoms with Crippen LogP contribution in [-0.4, -0.2) is 22.1 Å². The molecule has 3 N–H and O–H groups in total. The Morgan fingerprint density at radius 3 is 2.62 bits per heavy atom. The van der Waals surface area contributed by atoms with Gasteiger partial charge in [0.15, 0.2) is 11.6 Å². The zero-order valence-corrected chi connectivity index (χ0v) is 14.2. The second-order valence-electron chi connectivity index (χ2n) is 5.57. The molecule has 0 amide bonds. The summed E-state index contributed by atoms with van der Waals surface area (Å²) >= 11 is 0. The molecule has 0 unspecified atom stereocenters. The molecule has 24 heavy (non-hydrogen) atoms. The Balaban J connectivity index is 2.01. The summed E-state index contributed by atoms with van der Waals surface area (Å²) in [6.07, 6.45) is 6.59. The summed E-state index contributed by atoms with van der Waals surface area (Å²) in [7, 11) is 1.42. The lowest BCUT2D eigenvalue weighted by Crippen LogP contribution is -2.07. The molecule has 0 fully saturated rings. The number of ether oxygens (including phenoxy) is 1. The van der Waals surface area contributed by atoms with E-state index in [-0.39, 0.29) is 11.7 Å². The first-order chi connectivity index (χ1) is 11.6. The van der Waals surface area contributed by atoms with Crippen molar-refractivity contribution in [2.45, 2.75) is 45.4 Å². The van der Waals surface area contributed by atoms with E-state index in [1.165, 1.54) is 38.5 Å². The van der Waals surface area contributed by atoms with Crippen LogP contribution in [0, 0.1) is 5.82 Å². The van der Waals surface area contributed by atoms with Gasteiger partial charge in [-0.3, -0.25) is 0 Å². The predicted molar refractivity (Wildman–Crippen MR) is 92.9 cm³/mol. The summed E-state index contributed by atoms with van der Waals surface area (Å²) in [6.45, 7) is 2.19. The summed E-state index contributed by atoms with van der Waals surface area (Å²) in [5.74, 6) is 0.848. The number of methoxy groups -OCH3 is 1. The molecule has 1 heterocycles. The fraction of sp³-hybridized carbons (Fsp3) is 0.471. The average molecular weight is 333 g/mol. The van der Waals surface area contributed by atoms with Crippen LogP contribution < -0.4 is 15.8 Å². The Morgan fingerprint density at radius 1 is 1.12 bits per heavy atom. The molecule has 1 aromatic heterocycles. The van der Waals surface area contributed by atoms with E-state index in [9.17, 15) is 4.39 Å². The Morgan fingerprint density at radius 2 is 1.92 bits per heavy atom. The molecular formula is C17H24FN5O. The lowest BCUT2D eigenvalue weighted by Gasteiger charge is -2.09. The maximum Gasteiger partial charge on any atom is 0.232 e. The van der Waals surface area contributed by atoms with Gasteiger partial charge in [-0.2, -0.15) is 15.0 Å². The van der Waals surface area contributed by atoms with Gasteiger partial charge in [-0.05, 0) is 18.6 Å². The molecule has 0 saturated carbocycles. The maximum atomic E-state index is 13.7. The van der Waals surface area contributed by atoms with Crippen LogP contribution in [0.15, 0.2) is 18.2 Å². The lowest BCUT2D eigenvalue weighted by molar-refractivity contribution is 0.386. The van der Waals surface area contributed by atoms with Gasteiger partial charge in [0.05, 0.1) is 7.11 Å². The maximum absolute atomic E-state index is 13.7. The van der Waals surface area contributed by atoms with Gasteiger partial charge >= 0.3 is 0 Å². The van der Waals surface area contributed by atoms with E-state index in [0.29, 0.717) is 17.5 Å². The molecule has 130 valence electrons. The summed E-state index contributed by atoms with van der Waals surface area (Å²) in [6, 6.07) is 4.55. The van der Waals surface area contributed by atoms with E-state index in [0.717, 1.165) is 19.3 Å². The molecular weight excluding hydrogens is 309 g/mol. The van der Waals surface area contributed by atoms with Gasteiger partial charge in [-0.15, -0.1) is 0 Å². The number of nitrogens with zero attached hydrogens (tertiary/aromatic N) is 3. The molecule has 0 aliphatic carbocycles. The van der Waals surface area contributed by atoms with Gasteiger partial charge in [-0.25, -0.2) is 4.39 Å². The molecule has 7 heteroatoms. The quantitative estimate of drug-likeness (QED) is 0.678. The number of nitrogen functional groups attached to an aromatic ring is 1. The van der Waals surface area contributed by atoms with Crippen LogP contribution in [-0.2, 0) is 6.42 Å². The number of benzene rings is 1. The highest BCUT2D eigenvalue weighted by Crippen LogP contribution is 2.22. The number of rotatable bonds is 9. The second kappa shape index (κ2) is 9.00. The van der Waals surface area contributed by atoms with E-state index in [1.807, 2.05) is 0 Å². The monoisotopic (exact) mass is 333 g/mol. The zero-order chi connectivity index (χ0) is 17.4. The van der Waals surface area contributed by atoms with Crippen molar-refractivity contribution in [3.63, 3.8) is 0 Å². The topological polar surface area (TPSA) is 86.0 Å². The van der Waals surface area contributed by atoms with Gasteiger partial charge in [-0.1, -0.05) is 32.6 Å². The van der Waals surface area contributed by atoms with Gasteiger partial charge in [0.25, 0.3) is 0 Å². The van der Waals surface area contributed by atoms with E-state index < -0.39 is 5.82 Å². The first-order valence-corrected chi connectivity index (χ1v) is 8.23. The normalized spacial score (nSPS) is 10.6. The Hall–Kier alpha value is -2.44. The van der Waals surface area contributed by atoms with E-state index in [2.05, 4.69) is 27.2 Å². The largest absolute Gasteiger partial charge is 0.494 e. The summed E-state index contributed by atoms with van der Waals surface area (Å²) < 4.78 is 18.6. The molecule has 1 aromatic carbocycles. The van der Waals surface area contributed by atoms with Crippen LogP contribution in [0.2, 0.25) is 0 Å². The molecule has 0 atom stereocenters. The number of hydrogen-bond acceptors (Lipinski definition) is 6. The van der Waals surface area contributed by atoms with Crippen molar-refractivity contribution in [3.8, 4) is 5.75 Å². The fourth-order valence-electron chi connectivity index (χ4n) is 2.37. The number of anilines is 3. The second-order valence-corrected chi connectivity index (χ2v) is 5.57. The fourth-order valence-corrected chi connectivity index (χ4v) is 2.37. The third-order valence-electron chi connectivity index (χ3n) is 3.61. The first-order valence-electron chi connectivity index (χ1n) is 8.23. The van der Waals surface area contributed by atoms with Crippen molar-refractivity contribution < 1.29 is 9.13 Å². The van der Waals surface area contributed by atoms with Gasteiger partial charge in [0.1, 0.15) is 5.82 Å². The predicted octanol–water partition coefficient (Wildman–Crippen LogP) is 3.86. The van der Waals surface area contributed by atoms with Gasteiger partial charge in [0.2, 0.25) is 11.9 Å². The standard InChI is InChI=1S/C17H24FN5O/c1-3-4-5-6-7-8-15-21-16(19)23-17(22-15)20-12-9-10-14(24-2)13(18)11-12/h9-11H,3-8H2,1-2H3,(H3,19,20,21,22,23). The Kier molecular flexibility index (Phi) is 6.72. The minimum atomic E-state index is -0.458. The average Bonchev–Trinajstić information content (AvgIpc) is 2.54. The summed E-state index contributed by atoms with van der Waals surface area (Å²) in [5, 5.41) is 2.95. The van der Waals surface area contributed by atoms with Gasteiger partial charge < -0.3 is 15.8 Å². The SMILES string of the molecule is CCCCCCCc1nc(N)nc(Nc2ccc(OC)c(F)c2)n1. The molecule has 0 aliphatic heterocycles. The Bertz CT molecular complexity index is 665. The Labute approximate surface area is 141 Å². The van der Waals surface area contributed by atoms with Crippen LogP contribution in [0.1, 0.15) is 44.9 Å². The van der Waals surface area contributed by atoms with Crippen LogP contribution in [0.3, 0.4) is 0 Å². The highest BCUT2D eigenvalue weighted by atomic mass is 19.1.